The van der Waals surface area contributed by atoms with Gasteiger partial charge in [0.05, 0.1) is 0 Å². The van der Waals surface area contributed by atoms with Gasteiger partial charge >= 0.3 is 0 Å². The highest BCUT2D eigenvalue weighted by molar-refractivity contribution is 4.92. The Kier molecular flexibility index (Phi) is 2.21. The Morgan fingerprint density at radius 2 is 2.27 bits per heavy atom. The molecular formula is C6H11N3O2. The van der Waals surface area contributed by atoms with Gasteiger partial charge in [-0.25, -0.2) is 0 Å². The average Bonchev–Trinajstić information content (AvgIpc) is 2.34. The van der Waals surface area contributed by atoms with Crippen LogP contribution in [-0.2, 0) is 0 Å². The number of nitrogens with two attached hydrogens (primary N) is 1. The molecule has 0 bridgehead atoms. The molecule has 2 atom stereocenters. The Morgan fingerprint density at radius 3 is 2.64 bits per heavy atom. The summed E-state index contributed by atoms with van der Waals surface area (Å²) in [6.45, 7) is 3.33. The fourth-order valence-corrected chi connectivity index (χ4v) is 0.670. The van der Waals surface area contributed by atoms with E-state index in [2.05, 4.69) is 14.7 Å². The predicted molar refractivity (Wildman–Crippen MR) is 37.6 cm³/mol. The third-order valence-electron chi connectivity index (χ3n) is 1.31. The largest absolute Gasteiger partial charge is 0.383 e. The fourth-order valence-electron chi connectivity index (χ4n) is 0.670. The zero-order valence-electron chi connectivity index (χ0n) is 6.48. The molecule has 5 nitrogen and oxygen atoms in total. The normalized spacial score (nSPS) is 16.4. The number of nitrogens with zero attached hydrogens (tertiary/aromatic N) is 2. The summed E-state index contributed by atoms with van der Waals surface area (Å²) < 4.78 is 4.66. The van der Waals surface area contributed by atoms with Gasteiger partial charge < -0.3 is 15.4 Å². The summed E-state index contributed by atoms with van der Waals surface area (Å²) in [6, 6.07) is -0.382. The number of aryl methyl sites for hydroxylation is 1. The van der Waals surface area contributed by atoms with Crippen molar-refractivity contribution in [1.82, 2.24) is 10.1 Å². The van der Waals surface area contributed by atoms with Gasteiger partial charge in [-0.05, 0) is 6.92 Å². The molecule has 11 heavy (non-hydrogen) atoms. The maximum Gasteiger partial charge on any atom is 0.223 e. The van der Waals surface area contributed by atoms with Crippen LogP contribution >= 0.6 is 0 Å². The third kappa shape index (κ3) is 1.75. The smallest absolute Gasteiger partial charge is 0.223 e. The number of aromatic nitrogens is 2. The highest BCUT2D eigenvalue weighted by atomic mass is 16.5. The van der Waals surface area contributed by atoms with Crippen LogP contribution in [0.25, 0.3) is 0 Å². The molecule has 1 aromatic rings. The lowest BCUT2D eigenvalue weighted by atomic mass is 10.2. The molecule has 3 N–H and O–H groups in total. The van der Waals surface area contributed by atoms with E-state index in [4.69, 9.17) is 5.73 Å². The lowest BCUT2D eigenvalue weighted by molar-refractivity contribution is 0.140. The van der Waals surface area contributed by atoms with E-state index < -0.39 is 6.10 Å². The van der Waals surface area contributed by atoms with E-state index in [1.807, 2.05) is 0 Å². The van der Waals surface area contributed by atoms with Gasteiger partial charge in [-0.2, -0.15) is 4.98 Å². The van der Waals surface area contributed by atoms with E-state index in [1.165, 1.54) is 0 Å². The summed E-state index contributed by atoms with van der Waals surface area (Å²) in [4.78, 5) is 3.82. The molecule has 0 radical (unpaired) electrons. The van der Waals surface area contributed by atoms with Crippen molar-refractivity contribution in [2.75, 3.05) is 0 Å². The van der Waals surface area contributed by atoms with Gasteiger partial charge in [-0.1, -0.05) is 5.16 Å². The van der Waals surface area contributed by atoms with Crippen molar-refractivity contribution >= 4 is 0 Å². The first-order chi connectivity index (χ1) is 5.11. The zero-order valence-corrected chi connectivity index (χ0v) is 6.48. The molecule has 0 aliphatic carbocycles. The number of hydrogen-bond donors (Lipinski definition) is 2. The third-order valence-corrected chi connectivity index (χ3v) is 1.31. The van der Waals surface area contributed by atoms with Crippen molar-refractivity contribution in [3.8, 4) is 0 Å². The maximum atomic E-state index is 9.30. The van der Waals surface area contributed by atoms with Crippen molar-refractivity contribution in [3.63, 3.8) is 0 Å². The molecule has 0 amide bonds. The molecule has 5 heteroatoms. The topological polar surface area (TPSA) is 85.2 Å². The Morgan fingerprint density at radius 1 is 1.64 bits per heavy atom. The summed E-state index contributed by atoms with van der Waals surface area (Å²) in [5.74, 6) is 0.678. The van der Waals surface area contributed by atoms with Crippen molar-refractivity contribution in [3.05, 3.63) is 11.7 Å². The van der Waals surface area contributed by atoms with Gasteiger partial charge in [0.15, 0.2) is 0 Å². The summed E-state index contributed by atoms with van der Waals surface area (Å²) in [5.41, 5.74) is 5.41. The first-order valence-electron chi connectivity index (χ1n) is 3.35. The number of aliphatic hydroxyl groups excluding tert-OH is 1. The van der Waals surface area contributed by atoms with Gasteiger partial charge in [-0.3, -0.25) is 0 Å². The highest BCUT2D eigenvalue weighted by Crippen LogP contribution is 2.10. The Balaban J connectivity index is 2.76. The SMILES string of the molecule is Cc1nc(C(O)[C@H](C)N)no1. The number of aliphatic hydroxyl groups is 1. The predicted octanol–water partition coefficient (Wildman–Crippen LogP) is -0.241. The van der Waals surface area contributed by atoms with Gasteiger partial charge in [0.2, 0.25) is 11.7 Å². The lowest BCUT2D eigenvalue weighted by Crippen LogP contribution is -2.25. The standard InChI is InChI=1S/C6H11N3O2/c1-3(7)5(10)6-8-4(2)11-9-6/h3,5,10H,7H2,1-2H3/t3-,5?/m0/s1. The van der Waals surface area contributed by atoms with Crippen molar-refractivity contribution in [2.24, 2.45) is 5.73 Å². The number of rotatable bonds is 2. The van der Waals surface area contributed by atoms with E-state index in [9.17, 15) is 5.11 Å². The first-order valence-corrected chi connectivity index (χ1v) is 3.35. The molecule has 1 rings (SSSR count). The molecule has 1 unspecified atom stereocenters. The van der Waals surface area contributed by atoms with Crippen LogP contribution < -0.4 is 5.73 Å². The molecule has 1 heterocycles. The molecular weight excluding hydrogens is 146 g/mol. The molecule has 0 saturated carbocycles. The van der Waals surface area contributed by atoms with E-state index in [1.54, 1.807) is 13.8 Å². The van der Waals surface area contributed by atoms with Crippen LogP contribution in [0.1, 0.15) is 24.7 Å². The van der Waals surface area contributed by atoms with Crippen LogP contribution in [0.15, 0.2) is 4.52 Å². The van der Waals surface area contributed by atoms with Gasteiger partial charge in [0, 0.05) is 13.0 Å². The van der Waals surface area contributed by atoms with Crippen LogP contribution in [0.4, 0.5) is 0 Å². The molecule has 1 aromatic heterocycles. The van der Waals surface area contributed by atoms with Crippen LogP contribution in [0.2, 0.25) is 0 Å². The van der Waals surface area contributed by atoms with Crippen molar-refractivity contribution in [1.29, 1.82) is 0 Å². The molecule has 0 aliphatic heterocycles. The van der Waals surface area contributed by atoms with Gasteiger partial charge in [0.25, 0.3) is 0 Å². The summed E-state index contributed by atoms with van der Waals surface area (Å²) in [5, 5.41) is 12.8. The van der Waals surface area contributed by atoms with E-state index in [-0.39, 0.29) is 11.9 Å². The molecule has 0 spiro atoms. The van der Waals surface area contributed by atoms with Gasteiger partial charge in [0.1, 0.15) is 6.10 Å². The van der Waals surface area contributed by atoms with Gasteiger partial charge in [-0.15, -0.1) is 0 Å². The zero-order chi connectivity index (χ0) is 8.43. The lowest BCUT2D eigenvalue weighted by Gasteiger charge is -2.08. The molecule has 0 aliphatic rings. The monoisotopic (exact) mass is 157 g/mol. The van der Waals surface area contributed by atoms with Crippen molar-refractivity contribution < 1.29 is 9.63 Å². The van der Waals surface area contributed by atoms with E-state index in [0.29, 0.717) is 5.89 Å². The molecule has 62 valence electrons. The summed E-state index contributed by atoms with van der Waals surface area (Å²) in [7, 11) is 0. The van der Waals surface area contributed by atoms with E-state index in [0.717, 1.165) is 0 Å². The summed E-state index contributed by atoms with van der Waals surface area (Å²) >= 11 is 0. The average molecular weight is 157 g/mol. The minimum Gasteiger partial charge on any atom is -0.383 e. The first kappa shape index (κ1) is 8.16. The van der Waals surface area contributed by atoms with Crippen LogP contribution in [0, 0.1) is 6.92 Å². The second-order valence-electron chi connectivity index (χ2n) is 2.48. The molecule has 0 saturated heterocycles. The second-order valence-corrected chi connectivity index (χ2v) is 2.48. The minimum absolute atomic E-state index is 0.248. The fraction of sp³-hybridized carbons (Fsp3) is 0.667. The van der Waals surface area contributed by atoms with Crippen molar-refractivity contribution in [2.45, 2.75) is 26.0 Å². The Labute approximate surface area is 64.2 Å². The van der Waals surface area contributed by atoms with E-state index >= 15 is 0 Å². The van der Waals surface area contributed by atoms with Crippen LogP contribution in [0.5, 0.6) is 0 Å². The Hall–Kier alpha value is -0.940. The Bertz CT molecular complexity index is 233. The molecule has 0 fully saturated rings. The summed E-state index contributed by atoms with van der Waals surface area (Å²) in [6.07, 6.45) is -0.840. The number of hydrogen-bond acceptors (Lipinski definition) is 5. The minimum atomic E-state index is -0.840. The maximum absolute atomic E-state index is 9.30. The molecule has 0 aromatic carbocycles. The van der Waals surface area contributed by atoms with Crippen LogP contribution in [0.3, 0.4) is 0 Å². The van der Waals surface area contributed by atoms with Crippen LogP contribution in [-0.4, -0.2) is 21.3 Å². The highest BCUT2D eigenvalue weighted by Gasteiger charge is 2.17. The quantitative estimate of drug-likeness (QED) is 0.618. The second kappa shape index (κ2) is 2.98.